The van der Waals surface area contributed by atoms with Gasteiger partial charge in [0.15, 0.2) is 0 Å². The van der Waals surface area contributed by atoms with Crippen molar-refractivity contribution in [1.82, 2.24) is 0 Å². The third-order valence-electron chi connectivity index (χ3n) is 0.556. The van der Waals surface area contributed by atoms with Crippen LogP contribution in [0.1, 0.15) is 0 Å². The second-order valence-electron chi connectivity index (χ2n) is 1.36. The lowest BCUT2D eigenvalue weighted by Gasteiger charge is -2.04. The van der Waals surface area contributed by atoms with E-state index in [1.165, 1.54) is 0 Å². The molecule has 0 heterocycles. The van der Waals surface area contributed by atoms with Crippen LogP contribution in [-0.4, -0.2) is 24.5 Å². The summed E-state index contributed by atoms with van der Waals surface area (Å²) in [5.41, 5.74) is 0. The minimum absolute atomic E-state index is 0.0851. The smallest absolute Gasteiger partial charge is 0.458 e. The van der Waals surface area contributed by atoms with Crippen molar-refractivity contribution in [3.05, 3.63) is 0 Å². The molecule has 0 amide bonds. The first-order chi connectivity index (χ1) is 4.48. The van der Waals surface area contributed by atoms with E-state index in [9.17, 15) is 18.0 Å². The van der Waals surface area contributed by atoms with E-state index in [1.807, 2.05) is 0 Å². The summed E-state index contributed by atoms with van der Waals surface area (Å²) in [6, 6.07) is 0. The standard InChI is InChI=1S/C4H5F3O2S/c5-4(6,7)3(8)9-1-2-10/h10H,1-2H2. The van der Waals surface area contributed by atoms with E-state index in [4.69, 9.17) is 0 Å². The van der Waals surface area contributed by atoms with E-state index in [1.54, 1.807) is 0 Å². The van der Waals surface area contributed by atoms with Crippen molar-refractivity contribution in [3.8, 4) is 0 Å². The zero-order valence-corrected chi connectivity index (χ0v) is 5.71. The van der Waals surface area contributed by atoms with Crippen LogP contribution in [-0.2, 0) is 9.53 Å². The predicted octanol–water partition coefficient (Wildman–Crippen LogP) is 1.02. The summed E-state index contributed by atoms with van der Waals surface area (Å²) in [5.74, 6) is -2.08. The number of carbonyl (C=O) groups excluding carboxylic acids is 1. The van der Waals surface area contributed by atoms with Gasteiger partial charge in [-0.2, -0.15) is 25.8 Å². The lowest BCUT2D eigenvalue weighted by Crippen LogP contribution is -2.25. The molecule has 0 bridgehead atoms. The highest BCUT2D eigenvalue weighted by Gasteiger charge is 2.40. The van der Waals surface area contributed by atoms with Crippen LogP contribution in [0.3, 0.4) is 0 Å². The molecule has 0 spiro atoms. The molecule has 0 radical (unpaired) electrons. The van der Waals surface area contributed by atoms with Gasteiger partial charge in [0.1, 0.15) is 6.61 Å². The van der Waals surface area contributed by atoms with Crippen LogP contribution in [0.15, 0.2) is 0 Å². The Labute approximate surface area is 60.8 Å². The van der Waals surface area contributed by atoms with Crippen molar-refractivity contribution in [2.45, 2.75) is 6.18 Å². The zero-order chi connectivity index (χ0) is 8.20. The van der Waals surface area contributed by atoms with Crippen LogP contribution in [0.5, 0.6) is 0 Å². The molecule has 60 valence electrons. The van der Waals surface area contributed by atoms with Gasteiger partial charge < -0.3 is 4.74 Å². The first kappa shape index (κ1) is 9.61. The third-order valence-corrected chi connectivity index (χ3v) is 0.738. The van der Waals surface area contributed by atoms with Gasteiger partial charge in [-0.15, -0.1) is 0 Å². The Balaban J connectivity index is 3.64. The van der Waals surface area contributed by atoms with Crippen molar-refractivity contribution >= 4 is 18.6 Å². The Kier molecular flexibility index (Phi) is 3.55. The molecule has 10 heavy (non-hydrogen) atoms. The van der Waals surface area contributed by atoms with Crippen molar-refractivity contribution in [1.29, 1.82) is 0 Å². The highest BCUT2D eigenvalue weighted by atomic mass is 32.1. The molecule has 0 rings (SSSR count). The molecule has 0 aliphatic carbocycles. The van der Waals surface area contributed by atoms with Crippen LogP contribution in [0.25, 0.3) is 0 Å². The van der Waals surface area contributed by atoms with E-state index in [0.717, 1.165) is 0 Å². The Morgan fingerprint density at radius 1 is 1.50 bits per heavy atom. The Bertz CT molecular complexity index is 122. The van der Waals surface area contributed by atoms with Gasteiger partial charge in [0.25, 0.3) is 0 Å². The highest BCUT2D eigenvalue weighted by molar-refractivity contribution is 7.80. The average Bonchev–Trinajstić information content (AvgIpc) is 1.80. The number of hydrogen-bond acceptors (Lipinski definition) is 3. The van der Waals surface area contributed by atoms with Crippen LogP contribution in [0.4, 0.5) is 13.2 Å². The first-order valence-electron chi connectivity index (χ1n) is 2.33. The number of alkyl halides is 3. The molecular formula is C4H5F3O2S. The van der Waals surface area contributed by atoms with Gasteiger partial charge in [-0.05, 0) is 0 Å². The van der Waals surface area contributed by atoms with Crippen molar-refractivity contribution in [2.24, 2.45) is 0 Å². The summed E-state index contributed by atoms with van der Waals surface area (Å²) in [4.78, 5) is 9.84. The van der Waals surface area contributed by atoms with E-state index < -0.39 is 12.1 Å². The maximum atomic E-state index is 11.3. The fourth-order valence-electron chi connectivity index (χ4n) is 0.220. The number of halogens is 3. The number of rotatable bonds is 2. The summed E-state index contributed by atoms with van der Waals surface area (Å²) in [5, 5.41) is 0. The summed E-state index contributed by atoms with van der Waals surface area (Å²) in [7, 11) is 0. The lowest BCUT2D eigenvalue weighted by molar-refractivity contribution is -0.199. The van der Waals surface area contributed by atoms with Crippen LogP contribution >= 0.6 is 12.6 Å². The van der Waals surface area contributed by atoms with Gasteiger partial charge in [0, 0.05) is 5.75 Å². The molecule has 0 N–H and O–H groups in total. The molecule has 0 saturated heterocycles. The average molecular weight is 174 g/mol. The lowest BCUT2D eigenvalue weighted by atomic mass is 10.6. The van der Waals surface area contributed by atoms with Crippen LogP contribution in [0, 0.1) is 0 Å². The normalized spacial score (nSPS) is 11.2. The van der Waals surface area contributed by atoms with Gasteiger partial charge in [-0.25, -0.2) is 4.79 Å². The number of carbonyl (C=O) groups is 1. The maximum absolute atomic E-state index is 11.3. The Hall–Kier alpha value is -0.390. The topological polar surface area (TPSA) is 26.3 Å². The van der Waals surface area contributed by atoms with E-state index in [0.29, 0.717) is 0 Å². The maximum Gasteiger partial charge on any atom is 0.490 e. The number of thiol groups is 1. The SMILES string of the molecule is O=C(OCCS)C(F)(F)F. The number of hydrogen-bond donors (Lipinski definition) is 1. The second-order valence-corrected chi connectivity index (χ2v) is 1.80. The van der Waals surface area contributed by atoms with E-state index in [2.05, 4.69) is 17.4 Å². The molecule has 0 aromatic rings. The number of ether oxygens (including phenoxy) is 1. The molecule has 6 heteroatoms. The Morgan fingerprint density at radius 3 is 2.30 bits per heavy atom. The summed E-state index contributed by atoms with van der Waals surface area (Å²) < 4.78 is 37.5. The third kappa shape index (κ3) is 3.60. The molecule has 0 saturated carbocycles. The largest absolute Gasteiger partial charge is 0.490 e. The second kappa shape index (κ2) is 3.70. The summed E-state index contributed by atoms with van der Waals surface area (Å²) >= 11 is 3.55. The minimum atomic E-state index is -4.89. The number of esters is 1. The molecule has 2 nitrogen and oxygen atoms in total. The minimum Gasteiger partial charge on any atom is -0.458 e. The predicted molar refractivity (Wildman–Crippen MR) is 30.9 cm³/mol. The van der Waals surface area contributed by atoms with E-state index >= 15 is 0 Å². The van der Waals surface area contributed by atoms with Crippen LogP contribution in [0.2, 0.25) is 0 Å². The van der Waals surface area contributed by atoms with Crippen molar-refractivity contribution in [3.63, 3.8) is 0 Å². The summed E-state index contributed by atoms with van der Waals surface area (Å²) in [6.07, 6.45) is -4.89. The quantitative estimate of drug-likeness (QED) is 0.499. The molecule has 0 aromatic heterocycles. The van der Waals surface area contributed by atoms with Gasteiger partial charge in [-0.1, -0.05) is 0 Å². The summed E-state index contributed by atoms with van der Waals surface area (Å²) in [6.45, 7) is -0.318. The molecule has 0 aromatic carbocycles. The fraction of sp³-hybridized carbons (Fsp3) is 0.750. The van der Waals surface area contributed by atoms with E-state index in [-0.39, 0.29) is 12.4 Å². The first-order valence-corrected chi connectivity index (χ1v) is 2.96. The van der Waals surface area contributed by atoms with Crippen molar-refractivity contribution in [2.75, 3.05) is 12.4 Å². The monoisotopic (exact) mass is 174 g/mol. The fourth-order valence-corrected chi connectivity index (χ4v) is 0.311. The molecule has 0 aliphatic rings. The Morgan fingerprint density at radius 2 is 2.00 bits per heavy atom. The molecular weight excluding hydrogens is 169 g/mol. The van der Waals surface area contributed by atoms with Crippen LogP contribution < -0.4 is 0 Å². The molecule has 0 aliphatic heterocycles. The van der Waals surface area contributed by atoms with Gasteiger partial charge >= 0.3 is 12.1 Å². The zero-order valence-electron chi connectivity index (χ0n) is 4.81. The molecule has 0 atom stereocenters. The molecule has 0 fully saturated rings. The van der Waals surface area contributed by atoms with Gasteiger partial charge in [0.2, 0.25) is 0 Å². The van der Waals surface area contributed by atoms with Crippen molar-refractivity contribution < 1.29 is 22.7 Å². The van der Waals surface area contributed by atoms with Gasteiger partial charge in [-0.3, -0.25) is 0 Å². The highest BCUT2D eigenvalue weighted by Crippen LogP contribution is 2.15. The van der Waals surface area contributed by atoms with Gasteiger partial charge in [0.05, 0.1) is 0 Å². The molecule has 0 unspecified atom stereocenters.